The van der Waals surface area contributed by atoms with Crippen molar-refractivity contribution in [1.29, 1.82) is 0 Å². The van der Waals surface area contributed by atoms with Crippen molar-refractivity contribution < 1.29 is 67.0 Å². The van der Waals surface area contributed by atoms with E-state index in [0.29, 0.717) is 5.88 Å². The van der Waals surface area contributed by atoms with Gasteiger partial charge in [0.1, 0.15) is 62.5 Å². The first-order valence-corrected chi connectivity index (χ1v) is 13.2. The molecule has 0 bridgehead atoms. The summed E-state index contributed by atoms with van der Waals surface area (Å²) in [5, 5.41) is 8.06. The lowest BCUT2D eigenvalue weighted by Gasteiger charge is -2.29. The number of rotatable bonds is 6. The first kappa shape index (κ1) is 34.4. The Balaban J connectivity index is 0.000000239. The molecule has 1 N–H and O–H groups in total. The fourth-order valence-corrected chi connectivity index (χ4v) is 3.25. The van der Waals surface area contributed by atoms with E-state index in [9.17, 15) is 28.8 Å². The summed E-state index contributed by atoms with van der Waals surface area (Å²) in [6, 6.07) is 7.46. The standard InChI is InChI=1S/C14H15ClO5.C6H7ClO4.C6H8O5/c1-14(8-19-13(17)20-9-14)12(16)18-7-11-4-2-10(6-15)3-5-11;2*1-6(4(7)8)2-10-5(9)11-3-6/h2-5H,6-9H2,1H3;2-3H2,1H3;2-3H2,1H3,(H,7,8). The van der Waals surface area contributed by atoms with Crippen LogP contribution in [0.4, 0.5) is 14.4 Å². The van der Waals surface area contributed by atoms with Gasteiger partial charge in [-0.3, -0.25) is 14.4 Å². The zero-order valence-electron chi connectivity index (χ0n) is 23.0. The van der Waals surface area contributed by atoms with Gasteiger partial charge in [0.05, 0.1) is 0 Å². The van der Waals surface area contributed by atoms with Crippen LogP contribution in [-0.4, -0.2) is 80.4 Å². The highest BCUT2D eigenvalue weighted by molar-refractivity contribution is 6.64. The molecule has 0 spiro atoms. The second kappa shape index (κ2) is 14.9. The number of alkyl halides is 1. The van der Waals surface area contributed by atoms with Crippen molar-refractivity contribution in [1.82, 2.24) is 0 Å². The molecule has 0 saturated carbocycles. The lowest BCUT2D eigenvalue weighted by atomic mass is 9.92. The van der Waals surface area contributed by atoms with Crippen LogP contribution >= 0.6 is 23.2 Å². The molecule has 1 aromatic carbocycles. The van der Waals surface area contributed by atoms with Crippen molar-refractivity contribution in [2.75, 3.05) is 39.6 Å². The van der Waals surface area contributed by atoms with Gasteiger partial charge in [-0.2, -0.15) is 0 Å². The minimum absolute atomic E-state index is 0.00579. The summed E-state index contributed by atoms with van der Waals surface area (Å²) in [5.41, 5.74) is -1.06. The molecule has 0 atom stereocenters. The number of carboxylic acids is 1. The van der Waals surface area contributed by atoms with Gasteiger partial charge in [-0.05, 0) is 43.5 Å². The summed E-state index contributed by atoms with van der Waals surface area (Å²) in [4.78, 5) is 64.8. The van der Waals surface area contributed by atoms with E-state index in [1.807, 2.05) is 24.3 Å². The van der Waals surface area contributed by atoms with Crippen LogP contribution in [0.2, 0.25) is 0 Å². The summed E-state index contributed by atoms with van der Waals surface area (Å²) in [6.07, 6.45) is -2.31. The van der Waals surface area contributed by atoms with E-state index >= 15 is 0 Å². The zero-order valence-corrected chi connectivity index (χ0v) is 24.5. The van der Waals surface area contributed by atoms with Crippen molar-refractivity contribution >= 4 is 58.8 Å². The lowest BCUT2D eigenvalue weighted by molar-refractivity contribution is -0.167. The Hall–Kier alpha value is -3.78. The van der Waals surface area contributed by atoms with E-state index < -0.39 is 51.9 Å². The fraction of sp³-hybridized carbons (Fsp3) is 0.538. The third kappa shape index (κ3) is 9.94. The van der Waals surface area contributed by atoms with Gasteiger partial charge in [-0.25, -0.2) is 14.4 Å². The number of carbonyl (C=O) groups excluding carboxylic acids is 5. The topological polar surface area (TPSA) is 187 Å². The van der Waals surface area contributed by atoms with E-state index in [0.717, 1.165) is 11.1 Å². The molecule has 3 aliphatic rings. The molecule has 0 aromatic heterocycles. The number of carbonyl (C=O) groups is 6. The quantitative estimate of drug-likeness (QED) is 0.205. The number of benzene rings is 1. The van der Waals surface area contributed by atoms with E-state index in [1.165, 1.54) is 6.92 Å². The minimum atomic E-state index is -1.09. The molecule has 0 radical (unpaired) electrons. The third-order valence-corrected chi connectivity index (χ3v) is 6.85. The molecule has 3 fully saturated rings. The van der Waals surface area contributed by atoms with E-state index in [-0.39, 0.29) is 46.2 Å². The van der Waals surface area contributed by atoms with E-state index in [1.54, 1.807) is 13.8 Å². The number of cyclic esters (lactones) is 6. The molecule has 0 aliphatic carbocycles. The molecule has 42 heavy (non-hydrogen) atoms. The Labute approximate surface area is 250 Å². The van der Waals surface area contributed by atoms with Gasteiger partial charge >= 0.3 is 30.4 Å². The van der Waals surface area contributed by atoms with Crippen LogP contribution in [0.3, 0.4) is 0 Å². The first-order chi connectivity index (χ1) is 19.6. The number of hydrogen-bond donors (Lipinski definition) is 1. The molecule has 3 aliphatic heterocycles. The van der Waals surface area contributed by atoms with Crippen LogP contribution in [0.25, 0.3) is 0 Å². The van der Waals surface area contributed by atoms with Crippen molar-refractivity contribution in [3.05, 3.63) is 35.4 Å². The Bertz CT molecular complexity index is 1090. The highest BCUT2D eigenvalue weighted by Gasteiger charge is 2.42. The number of ether oxygens (including phenoxy) is 7. The molecule has 1 aromatic rings. The zero-order chi connectivity index (χ0) is 31.6. The fourth-order valence-electron chi connectivity index (χ4n) is 2.96. The summed E-state index contributed by atoms with van der Waals surface area (Å²) in [5.74, 6) is -1.03. The largest absolute Gasteiger partial charge is 0.508 e. The third-order valence-electron chi connectivity index (χ3n) is 6.08. The molecule has 0 unspecified atom stereocenters. The Morgan fingerprint density at radius 1 is 0.714 bits per heavy atom. The van der Waals surface area contributed by atoms with E-state index in [2.05, 4.69) is 18.9 Å². The van der Waals surface area contributed by atoms with Crippen molar-refractivity contribution in [2.24, 2.45) is 16.2 Å². The second-order valence-electron chi connectivity index (χ2n) is 10.3. The van der Waals surface area contributed by atoms with E-state index in [4.69, 9.17) is 42.5 Å². The van der Waals surface area contributed by atoms with Gasteiger partial charge in [-0.1, -0.05) is 24.3 Å². The molecular formula is C26H30Cl2O14. The van der Waals surface area contributed by atoms with Gasteiger partial charge in [0.25, 0.3) is 0 Å². The summed E-state index contributed by atoms with van der Waals surface area (Å²) < 4.78 is 32.5. The van der Waals surface area contributed by atoms with Gasteiger partial charge < -0.3 is 38.3 Å². The van der Waals surface area contributed by atoms with Crippen LogP contribution in [0.15, 0.2) is 24.3 Å². The number of esters is 1. The monoisotopic (exact) mass is 636 g/mol. The average molecular weight is 637 g/mol. The molecular weight excluding hydrogens is 607 g/mol. The molecule has 3 heterocycles. The highest BCUT2D eigenvalue weighted by Crippen LogP contribution is 2.26. The Morgan fingerprint density at radius 2 is 1.07 bits per heavy atom. The van der Waals surface area contributed by atoms with Crippen LogP contribution in [-0.2, 0) is 60.0 Å². The number of carboxylic acid groups (broad SMARTS) is 1. The van der Waals surface area contributed by atoms with Gasteiger partial charge in [-0.15, -0.1) is 11.6 Å². The maximum Gasteiger partial charge on any atom is 0.508 e. The summed E-state index contributed by atoms with van der Waals surface area (Å²) in [7, 11) is 0. The highest BCUT2D eigenvalue weighted by atomic mass is 35.5. The maximum atomic E-state index is 12.0. The number of hydrogen-bond acceptors (Lipinski definition) is 13. The summed E-state index contributed by atoms with van der Waals surface area (Å²) >= 11 is 10.9. The van der Waals surface area contributed by atoms with Crippen LogP contribution < -0.4 is 0 Å². The van der Waals surface area contributed by atoms with Crippen molar-refractivity contribution in [3.8, 4) is 0 Å². The normalized spacial score (nSPS) is 19.5. The smallest absolute Gasteiger partial charge is 0.481 e. The van der Waals surface area contributed by atoms with Crippen molar-refractivity contribution in [2.45, 2.75) is 33.3 Å². The molecule has 4 rings (SSSR count). The van der Waals surface area contributed by atoms with Crippen LogP contribution in [0.1, 0.15) is 31.9 Å². The van der Waals surface area contributed by atoms with Gasteiger partial charge in [0.15, 0.2) is 0 Å². The molecule has 3 saturated heterocycles. The summed E-state index contributed by atoms with van der Waals surface area (Å²) in [6.45, 7) is 4.51. The maximum absolute atomic E-state index is 12.0. The molecule has 16 heteroatoms. The lowest BCUT2D eigenvalue weighted by Crippen LogP contribution is -2.44. The van der Waals surface area contributed by atoms with Gasteiger partial charge in [0, 0.05) is 5.88 Å². The van der Waals surface area contributed by atoms with Crippen LogP contribution in [0.5, 0.6) is 0 Å². The number of aliphatic carboxylic acids is 1. The van der Waals surface area contributed by atoms with Gasteiger partial charge in [0.2, 0.25) is 5.24 Å². The Kier molecular flexibility index (Phi) is 12.2. The molecule has 232 valence electrons. The first-order valence-electron chi connectivity index (χ1n) is 12.3. The Morgan fingerprint density at radius 3 is 1.43 bits per heavy atom. The predicted molar refractivity (Wildman–Crippen MR) is 141 cm³/mol. The second-order valence-corrected chi connectivity index (χ2v) is 10.9. The molecule has 14 nitrogen and oxygen atoms in total. The SMILES string of the molecule is CC1(C(=O)Cl)COC(=O)OC1.CC1(C(=O)O)COC(=O)OC1.CC1(C(=O)OCc2ccc(CCl)cc2)COC(=O)OC1. The molecule has 0 amide bonds. The predicted octanol–water partition coefficient (Wildman–Crippen LogP) is 3.81. The van der Waals surface area contributed by atoms with Crippen molar-refractivity contribution in [3.63, 3.8) is 0 Å². The van der Waals surface area contributed by atoms with Crippen LogP contribution in [0, 0.1) is 16.2 Å². The average Bonchev–Trinajstić information content (AvgIpc) is 2.97. The number of halogens is 2. The minimum Gasteiger partial charge on any atom is -0.481 e.